The Morgan fingerprint density at radius 3 is 2.33 bits per heavy atom. The molecule has 0 radical (unpaired) electrons. The zero-order valence-electron chi connectivity index (χ0n) is 16.7. The monoisotopic (exact) mass is 408 g/mol. The molecule has 1 aromatic heterocycles. The second-order valence-corrected chi connectivity index (χ2v) is 8.48. The number of hydrogen-bond acceptors (Lipinski definition) is 5. The first-order valence-electron chi connectivity index (χ1n) is 10.6. The zero-order valence-corrected chi connectivity index (χ0v) is 16.7. The number of imide groups is 1. The van der Waals surface area contributed by atoms with Gasteiger partial charge in [-0.25, -0.2) is 4.98 Å². The second kappa shape index (κ2) is 7.34. The minimum atomic E-state index is -0.138. The van der Waals surface area contributed by atoms with Crippen molar-refractivity contribution in [3.8, 4) is 0 Å². The van der Waals surface area contributed by atoms with Gasteiger partial charge in [-0.1, -0.05) is 12.1 Å². The van der Waals surface area contributed by atoms with Gasteiger partial charge in [0.2, 0.25) is 17.7 Å². The van der Waals surface area contributed by atoms with Gasteiger partial charge >= 0.3 is 0 Å². The summed E-state index contributed by atoms with van der Waals surface area (Å²) in [5.74, 6) is -0.125. The van der Waals surface area contributed by atoms with Crippen LogP contribution in [-0.2, 0) is 20.9 Å². The summed E-state index contributed by atoms with van der Waals surface area (Å²) in [5, 5.41) is 0.549. The van der Waals surface area contributed by atoms with Gasteiger partial charge in [-0.05, 0) is 37.8 Å². The fourth-order valence-electron chi connectivity index (χ4n) is 5.38. The van der Waals surface area contributed by atoms with E-state index >= 15 is 0 Å². The van der Waals surface area contributed by atoms with E-state index in [0.29, 0.717) is 36.6 Å². The maximum Gasteiger partial charge on any atom is 0.261 e. The normalized spacial score (nSPS) is 26.1. The van der Waals surface area contributed by atoms with Crippen molar-refractivity contribution in [2.24, 2.45) is 0 Å². The van der Waals surface area contributed by atoms with Gasteiger partial charge < -0.3 is 4.90 Å². The lowest BCUT2D eigenvalue weighted by Gasteiger charge is -2.41. The third kappa shape index (κ3) is 3.11. The number of piperidine rings is 1. The van der Waals surface area contributed by atoms with Gasteiger partial charge in [0, 0.05) is 43.9 Å². The van der Waals surface area contributed by atoms with Crippen LogP contribution in [0, 0.1) is 0 Å². The van der Waals surface area contributed by atoms with E-state index in [4.69, 9.17) is 0 Å². The summed E-state index contributed by atoms with van der Waals surface area (Å²) in [6.45, 7) is 0.290. The molecule has 0 spiro atoms. The molecular weight excluding hydrogens is 384 g/mol. The summed E-state index contributed by atoms with van der Waals surface area (Å²) in [5.41, 5.74) is 0.511. The maximum absolute atomic E-state index is 13.0. The number of likely N-dealkylation sites (tertiary alicyclic amines) is 1. The molecule has 2 aromatic rings. The quantitative estimate of drug-likeness (QED) is 0.714. The van der Waals surface area contributed by atoms with Crippen molar-refractivity contribution in [3.63, 3.8) is 0 Å². The van der Waals surface area contributed by atoms with Crippen molar-refractivity contribution in [1.29, 1.82) is 0 Å². The molecule has 1 aromatic carbocycles. The van der Waals surface area contributed by atoms with E-state index in [0.717, 1.165) is 12.8 Å². The third-order valence-corrected chi connectivity index (χ3v) is 6.75. The lowest BCUT2D eigenvalue weighted by Crippen LogP contribution is -2.53. The van der Waals surface area contributed by atoms with E-state index in [-0.39, 0.29) is 54.4 Å². The van der Waals surface area contributed by atoms with Crippen molar-refractivity contribution in [3.05, 3.63) is 40.9 Å². The summed E-state index contributed by atoms with van der Waals surface area (Å²) in [7, 11) is 0. The topological polar surface area (TPSA) is 92.6 Å². The van der Waals surface area contributed by atoms with E-state index in [1.54, 1.807) is 18.2 Å². The van der Waals surface area contributed by atoms with Gasteiger partial charge in [-0.15, -0.1) is 0 Å². The van der Waals surface area contributed by atoms with Crippen LogP contribution in [-0.4, -0.2) is 55.2 Å². The van der Waals surface area contributed by atoms with Gasteiger partial charge in [0.15, 0.2) is 0 Å². The molecule has 3 fully saturated rings. The summed E-state index contributed by atoms with van der Waals surface area (Å²) < 4.78 is 1.50. The number of rotatable bonds is 4. The van der Waals surface area contributed by atoms with E-state index < -0.39 is 0 Å². The van der Waals surface area contributed by atoms with Crippen molar-refractivity contribution in [2.45, 2.75) is 69.6 Å². The van der Waals surface area contributed by atoms with Crippen LogP contribution in [0.2, 0.25) is 0 Å². The zero-order chi connectivity index (χ0) is 20.8. The minimum absolute atomic E-state index is 0.0279. The van der Waals surface area contributed by atoms with Crippen LogP contribution in [0.1, 0.15) is 44.9 Å². The molecule has 3 saturated heterocycles. The molecule has 3 aliphatic rings. The molecule has 3 aliphatic heterocycles. The number of amides is 3. The number of carbonyl (C=O) groups is 3. The van der Waals surface area contributed by atoms with Crippen LogP contribution >= 0.6 is 0 Å². The van der Waals surface area contributed by atoms with Crippen LogP contribution in [0.5, 0.6) is 0 Å². The molecule has 8 heteroatoms. The smallest absolute Gasteiger partial charge is 0.261 e. The number of benzene rings is 1. The third-order valence-electron chi connectivity index (χ3n) is 6.75. The Labute approximate surface area is 173 Å². The van der Waals surface area contributed by atoms with Gasteiger partial charge in [0.1, 0.15) is 0 Å². The molecule has 2 atom stereocenters. The second-order valence-electron chi connectivity index (χ2n) is 8.48. The SMILES string of the molecule is O=C1CCC(=O)N1C1CC2CCC(C1)N2C(=O)CCn1cnc2ccccc2c1=O. The summed E-state index contributed by atoms with van der Waals surface area (Å²) >= 11 is 0. The van der Waals surface area contributed by atoms with Crippen molar-refractivity contribution in [2.75, 3.05) is 0 Å². The van der Waals surface area contributed by atoms with E-state index in [1.807, 2.05) is 11.0 Å². The predicted octanol–water partition coefficient (Wildman–Crippen LogP) is 1.46. The molecule has 2 unspecified atom stereocenters. The van der Waals surface area contributed by atoms with Gasteiger partial charge in [-0.2, -0.15) is 0 Å². The molecule has 3 amide bonds. The van der Waals surface area contributed by atoms with Crippen LogP contribution in [0.3, 0.4) is 0 Å². The molecule has 30 heavy (non-hydrogen) atoms. The molecule has 156 valence electrons. The van der Waals surface area contributed by atoms with Crippen molar-refractivity contribution < 1.29 is 14.4 Å². The summed E-state index contributed by atoms with van der Waals surface area (Å²) in [6.07, 6.45) is 5.49. The number of aromatic nitrogens is 2. The number of aryl methyl sites for hydroxylation is 1. The standard InChI is InChI=1S/C22H24N4O4/c27-19-7-8-20(28)26(19)16-11-14-5-6-15(12-16)25(14)21(29)9-10-24-13-23-18-4-2-1-3-17(18)22(24)30/h1-4,13-16H,5-12H2. The Balaban J connectivity index is 1.27. The first kappa shape index (κ1) is 19.0. The fourth-order valence-corrected chi connectivity index (χ4v) is 5.38. The van der Waals surface area contributed by atoms with Gasteiger partial charge in [0.05, 0.1) is 17.2 Å². The van der Waals surface area contributed by atoms with E-state index in [2.05, 4.69) is 4.98 Å². The lowest BCUT2D eigenvalue weighted by atomic mass is 9.95. The largest absolute Gasteiger partial charge is 0.337 e. The van der Waals surface area contributed by atoms with Crippen molar-refractivity contribution >= 4 is 28.6 Å². The summed E-state index contributed by atoms with van der Waals surface area (Å²) in [4.78, 5) is 57.6. The highest BCUT2D eigenvalue weighted by Crippen LogP contribution is 2.39. The molecule has 0 aliphatic carbocycles. The Kier molecular flexibility index (Phi) is 4.64. The molecule has 4 heterocycles. The minimum Gasteiger partial charge on any atom is -0.337 e. The summed E-state index contributed by atoms with van der Waals surface area (Å²) in [6, 6.07) is 7.23. The van der Waals surface area contributed by atoms with Crippen molar-refractivity contribution in [1.82, 2.24) is 19.4 Å². The highest BCUT2D eigenvalue weighted by Gasteiger charge is 2.47. The first-order chi connectivity index (χ1) is 14.5. The average Bonchev–Trinajstić information content (AvgIpc) is 3.22. The first-order valence-corrected chi connectivity index (χ1v) is 10.6. The Morgan fingerprint density at radius 1 is 0.967 bits per heavy atom. The average molecular weight is 408 g/mol. The molecule has 5 rings (SSSR count). The molecule has 0 N–H and O–H groups in total. The van der Waals surface area contributed by atoms with Crippen LogP contribution in [0.25, 0.3) is 10.9 Å². The van der Waals surface area contributed by atoms with Crippen LogP contribution in [0.15, 0.2) is 35.4 Å². The van der Waals surface area contributed by atoms with E-state index in [9.17, 15) is 19.2 Å². The van der Waals surface area contributed by atoms with Gasteiger partial charge in [0.25, 0.3) is 5.56 Å². The van der Waals surface area contributed by atoms with Crippen LogP contribution < -0.4 is 5.56 Å². The van der Waals surface area contributed by atoms with E-state index in [1.165, 1.54) is 15.8 Å². The Bertz CT molecular complexity index is 1060. The number of hydrogen-bond donors (Lipinski definition) is 0. The highest BCUT2D eigenvalue weighted by atomic mass is 16.2. The highest BCUT2D eigenvalue weighted by molar-refractivity contribution is 6.02. The van der Waals surface area contributed by atoms with Crippen LogP contribution in [0.4, 0.5) is 0 Å². The molecule has 2 bridgehead atoms. The molecule has 8 nitrogen and oxygen atoms in total. The molecule has 0 saturated carbocycles. The number of fused-ring (bicyclic) bond motifs is 3. The number of carbonyl (C=O) groups excluding carboxylic acids is 3. The Hall–Kier alpha value is -3.03. The fraction of sp³-hybridized carbons (Fsp3) is 0.500. The lowest BCUT2D eigenvalue weighted by molar-refractivity contribution is -0.144. The number of nitrogens with zero attached hydrogens (tertiary/aromatic N) is 4. The molecular formula is C22H24N4O4. The van der Waals surface area contributed by atoms with Gasteiger partial charge in [-0.3, -0.25) is 28.6 Å². The maximum atomic E-state index is 13.0. The number of para-hydroxylation sites is 1. The predicted molar refractivity (Wildman–Crippen MR) is 108 cm³/mol. The Morgan fingerprint density at radius 2 is 1.63 bits per heavy atom.